The van der Waals surface area contributed by atoms with Gasteiger partial charge in [-0.2, -0.15) is 0 Å². The number of benzene rings is 5. The number of carbonyl (C=O) groups is 1. The van der Waals surface area contributed by atoms with Crippen LogP contribution < -0.4 is 4.90 Å². The number of non-ortho nitro benzene ring substituents is 1. The van der Waals surface area contributed by atoms with Gasteiger partial charge >= 0.3 is 5.97 Å². The van der Waals surface area contributed by atoms with Crippen LogP contribution in [0.5, 0.6) is 0 Å². The summed E-state index contributed by atoms with van der Waals surface area (Å²) in [6.07, 6.45) is 1.51. The molecule has 0 amide bonds. The highest BCUT2D eigenvalue weighted by atomic mass is 16.6. The number of hydrogen-bond donors (Lipinski definition) is 1. The maximum atomic E-state index is 12.4. The van der Waals surface area contributed by atoms with Crippen LogP contribution >= 0.6 is 0 Å². The Morgan fingerprint density at radius 2 is 1.60 bits per heavy atom. The number of nitro groups is 2. The summed E-state index contributed by atoms with van der Waals surface area (Å²) < 4.78 is 5.29. The molecule has 0 aromatic heterocycles. The second-order valence-corrected chi connectivity index (χ2v) is 10.5. The molecule has 0 bridgehead atoms. The van der Waals surface area contributed by atoms with Gasteiger partial charge in [-0.05, 0) is 69.6 Å². The topological polar surface area (TPSA) is 136 Å². The molecule has 0 aliphatic carbocycles. The van der Waals surface area contributed by atoms with Gasteiger partial charge < -0.3 is 14.7 Å². The van der Waals surface area contributed by atoms with E-state index in [1.807, 2.05) is 0 Å². The molecule has 5 rings (SSSR count). The smallest absolute Gasteiger partial charge is 0.305 e. The van der Waals surface area contributed by atoms with Crippen LogP contribution in [0.2, 0.25) is 0 Å². The van der Waals surface area contributed by atoms with E-state index in [0.717, 1.165) is 12.5 Å². The van der Waals surface area contributed by atoms with E-state index in [1.54, 1.807) is 11.9 Å². The van der Waals surface area contributed by atoms with Crippen molar-refractivity contribution < 1.29 is 24.5 Å². The Labute approximate surface area is 241 Å². The lowest BCUT2D eigenvalue weighted by molar-refractivity contribution is -0.393. The molecule has 0 radical (unpaired) electrons. The molecular formula is C32H31N3O7. The molecule has 5 aromatic carbocycles. The van der Waals surface area contributed by atoms with Gasteiger partial charge in [0.1, 0.15) is 12.3 Å². The Hall–Kier alpha value is -4.83. The standard InChI is InChI=1S/C32H31N3O7/c1-33(28-17-15-25(34(38)39)19-29(28)35(40)41)18-4-8-26(36)20-42-30(37)9-3-5-21-10-11-24-13-12-22-6-2-7-23-14-16-27(21)32(24)31(22)23/h2,6-7,10-17,19,26,36H,3-5,8-9,18,20H2,1H3. The summed E-state index contributed by atoms with van der Waals surface area (Å²) in [5.74, 6) is -0.370. The van der Waals surface area contributed by atoms with Crippen molar-refractivity contribution in [1.29, 1.82) is 0 Å². The number of nitrogens with zero attached hydrogens (tertiary/aromatic N) is 3. The van der Waals surface area contributed by atoms with E-state index in [9.17, 15) is 30.1 Å². The van der Waals surface area contributed by atoms with Gasteiger partial charge in [0.2, 0.25) is 0 Å². The molecule has 10 nitrogen and oxygen atoms in total. The lowest BCUT2D eigenvalue weighted by Gasteiger charge is -2.20. The number of aliphatic hydroxyl groups is 1. The molecule has 1 atom stereocenters. The van der Waals surface area contributed by atoms with Crippen LogP contribution in [0.1, 0.15) is 31.2 Å². The van der Waals surface area contributed by atoms with Gasteiger partial charge in [0.15, 0.2) is 0 Å². The zero-order valence-corrected chi connectivity index (χ0v) is 23.2. The van der Waals surface area contributed by atoms with E-state index in [2.05, 4.69) is 54.6 Å². The number of rotatable bonds is 13. The van der Waals surface area contributed by atoms with Crippen LogP contribution in [0.3, 0.4) is 0 Å². The average molecular weight is 570 g/mol. The van der Waals surface area contributed by atoms with E-state index in [4.69, 9.17) is 4.74 Å². The van der Waals surface area contributed by atoms with Gasteiger partial charge in [-0.15, -0.1) is 0 Å². The Kier molecular flexibility index (Phi) is 8.44. The monoisotopic (exact) mass is 569 g/mol. The largest absolute Gasteiger partial charge is 0.463 e. The summed E-state index contributed by atoms with van der Waals surface area (Å²) in [6, 6.07) is 22.7. The Morgan fingerprint density at radius 1 is 0.905 bits per heavy atom. The van der Waals surface area contributed by atoms with Gasteiger partial charge in [0.25, 0.3) is 11.4 Å². The molecule has 0 heterocycles. The zero-order valence-electron chi connectivity index (χ0n) is 23.2. The number of anilines is 1. The molecule has 42 heavy (non-hydrogen) atoms. The SMILES string of the molecule is CN(CCCC(O)COC(=O)CCCc1ccc2ccc3cccc4ccc1c2c34)c1ccc([N+](=O)[O-])cc1[N+](=O)[O-]. The Bertz CT molecular complexity index is 1750. The van der Waals surface area contributed by atoms with Crippen molar-refractivity contribution in [1.82, 2.24) is 0 Å². The molecule has 0 saturated carbocycles. The van der Waals surface area contributed by atoms with Crippen LogP contribution in [-0.4, -0.2) is 47.2 Å². The Balaban J connectivity index is 1.08. The van der Waals surface area contributed by atoms with Gasteiger partial charge in [-0.1, -0.05) is 54.6 Å². The van der Waals surface area contributed by atoms with Crippen LogP contribution in [-0.2, 0) is 16.0 Å². The lowest BCUT2D eigenvalue weighted by Crippen LogP contribution is -2.23. The second kappa shape index (κ2) is 12.4. The highest BCUT2D eigenvalue weighted by Crippen LogP contribution is 2.36. The third-order valence-corrected chi connectivity index (χ3v) is 7.69. The van der Waals surface area contributed by atoms with Crippen molar-refractivity contribution >= 4 is 55.3 Å². The van der Waals surface area contributed by atoms with Gasteiger partial charge in [-0.25, -0.2) is 0 Å². The highest BCUT2D eigenvalue weighted by Gasteiger charge is 2.22. The van der Waals surface area contributed by atoms with Crippen LogP contribution in [0.15, 0.2) is 72.8 Å². The predicted octanol–water partition coefficient (Wildman–Crippen LogP) is 6.54. The summed E-state index contributed by atoms with van der Waals surface area (Å²) in [5, 5.41) is 40.0. The molecule has 0 aliphatic heterocycles. The molecule has 1 unspecified atom stereocenters. The maximum absolute atomic E-state index is 12.4. The van der Waals surface area contributed by atoms with Crippen LogP contribution in [0, 0.1) is 20.2 Å². The number of aliphatic hydroxyl groups excluding tert-OH is 1. The third-order valence-electron chi connectivity index (χ3n) is 7.69. The van der Waals surface area contributed by atoms with E-state index in [-0.39, 0.29) is 36.1 Å². The van der Waals surface area contributed by atoms with Crippen molar-refractivity contribution in [2.24, 2.45) is 0 Å². The molecule has 0 spiro atoms. The van der Waals surface area contributed by atoms with Crippen LogP contribution in [0.25, 0.3) is 32.3 Å². The summed E-state index contributed by atoms with van der Waals surface area (Å²) in [5.41, 5.74) is 0.720. The minimum atomic E-state index is -0.869. The number of nitro benzene ring substituents is 2. The van der Waals surface area contributed by atoms with Crippen molar-refractivity contribution in [2.45, 2.75) is 38.2 Å². The first-order valence-electron chi connectivity index (χ1n) is 13.9. The van der Waals surface area contributed by atoms with Crippen molar-refractivity contribution in [3.8, 4) is 0 Å². The van der Waals surface area contributed by atoms with Crippen LogP contribution in [0.4, 0.5) is 17.1 Å². The fourth-order valence-electron chi connectivity index (χ4n) is 5.56. The molecule has 10 heteroatoms. The first-order valence-corrected chi connectivity index (χ1v) is 13.9. The molecule has 0 fully saturated rings. The van der Waals surface area contributed by atoms with Crippen molar-refractivity contribution in [3.63, 3.8) is 0 Å². The summed E-state index contributed by atoms with van der Waals surface area (Å²) in [7, 11) is 1.64. The molecule has 0 aliphatic rings. The minimum absolute atomic E-state index is 0.126. The highest BCUT2D eigenvalue weighted by molar-refractivity contribution is 6.23. The Morgan fingerprint density at radius 3 is 2.31 bits per heavy atom. The number of esters is 1. The predicted molar refractivity (Wildman–Crippen MR) is 162 cm³/mol. The quantitative estimate of drug-likeness (QED) is 0.0730. The van der Waals surface area contributed by atoms with Gasteiger partial charge in [-0.3, -0.25) is 25.0 Å². The molecule has 0 saturated heterocycles. The fourth-order valence-corrected chi connectivity index (χ4v) is 5.56. The number of ether oxygens (including phenoxy) is 1. The maximum Gasteiger partial charge on any atom is 0.305 e. The zero-order chi connectivity index (χ0) is 29.8. The van der Waals surface area contributed by atoms with Gasteiger partial charge in [0.05, 0.1) is 22.0 Å². The van der Waals surface area contributed by atoms with Crippen molar-refractivity contribution in [2.75, 3.05) is 25.1 Å². The third kappa shape index (κ3) is 6.08. The second-order valence-electron chi connectivity index (χ2n) is 10.5. The lowest BCUT2D eigenvalue weighted by atomic mass is 9.90. The van der Waals surface area contributed by atoms with E-state index in [0.29, 0.717) is 25.8 Å². The minimum Gasteiger partial charge on any atom is -0.463 e. The molecule has 216 valence electrons. The van der Waals surface area contributed by atoms with E-state index >= 15 is 0 Å². The molecular weight excluding hydrogens is 538 g/mol. The summed E-state index contributed by atoms with van der Waals surface area (Å²) in [6.45, 7) is 0.238. The van der Waals surface area contributed by atoms with Gasteiger partial charge in [0, 0.05) is 26.1 Å². The first-order chi connectivity index (χ1) is 20.2. The van der Waals surface area contributed by atoms with Crippen molar-refractivity contribution in [3.05, 3.63) is 98.6 Å². The number of carbonyl (C=O) groups excluding carboxylic acids is 1. The number of hydrogen-bond acceptors (Lipinski definition) is 8. The normalized spacial score (nSPS) is 12.1. The average Bonchev–Trinajstić information content (AvgIpc) is 2.99. The summed E-state index contributed by atoms with van der Waals surface area (Å²) in [4.78, 5) is 35.0. The van der Waals surface area contributed by atoms with E-state index < -0.39 is 16.0 Å². The fraction of sp³-hybridized carbons (Fsp3) is 0.281. The first kappa shape index (κ1) is 28.7. The molecule has 5 aromatic rings. The van der Waals surface area contributed by atoms with E-state index in [1.165, 1.54) is 50.0 Å². The molecule has 1 N–H and O–H groups in total. The summed E-state index contributed by atoms with van der Waals surface area (Å²) >= 11 is 0. The number of aryl methyl sites for hydroxylation is 1.